The first kappa shape index (κ1) is 15.3. The minimum Gasteiger partial charge on any atom is -0.343 e. The molecule has 3 heterocycles. The summed E-state index contributed by atoms with van der Waals surface area (Å²) in [4.78, 5) is 16.9. The molecule has 1 amide bonds. The van der Waals surface area contributed by atoms with E-state index in [4.69, 9.17) is 0 Å². The Morgan fingerprint density at radius 1 is 0.905 bits per heavy atom. The lowest BCUT2D eigenvalue weighted by Crippen LogP contribution is -2.41. The van der Waals surface area contributed by atoms with Crippen LogP contribution >= 0.6 is 0 Å². The fourth-order valence-electron chi connectivity index (χ4n) is 4.15. The van der Waals surface area contributed by atoms with E-state index < -0.39 is 0 Å². The van der Waals surface area contributed by atoms with Crippen LogP contribution in [0.1, 0.15) is 44.9 Å². The normalized spacial score (nSPS) is 26.4. The third-order valence-electron chi connectivity index (χ3n) is 5.60. The minimum atomic E-state index is 0.421. The lowest BCUT2D eigenvalue weighted by molar-refractivity contribution is -0.131. The summed E-state index contributed by atoms with van der Waals surface area (Å²) in [7, 11) is 0. The van der Waals surface area contributed by atoms with Gasteiger partial charge in [-0.25, -0.2) is 0 Å². The number of hydrogen-bond acceptors (Lipinski definition) is 3. The zero-order valence-corrected chi connectivity index (χ0v) is 13.4. The first-order valence-electron chi connectivity index (χ1n) is 9.02. The van der Waals surface area contributed by atoms with Gasteiger partial charge >= 0.3 is 0 Å². The molecule has 0 aliphatic carbocycles. The Morgan fingerprint density at radius 3 is 2.24 bits per heavy atom. The molecule has 120 valence electrons. The number of amides is 1. The van der Waals surface area contributed by atoms with Crippen LogP contribution in [0.3, 0.4) is 0 Å². The van der Waals surface area contributed by atoms with Gasteiger partial charge in [-0.1, -0.05) is 0 Å². The van der Waals surface area contributed by atoms with Gasteiger partial charge in [-0.3, -0.25) is 4.79 Å². The molecule has 0 aromatic rings. The maximum absolute atomic E-state index is 12.2. The first-order chi connectivity index (χ1) is 10.3. The van der Waals surface area contributed by atoms with Crippen molar-refractivity contribution >= 4 is 5.91 Å². The Hall–Kier alpha value is -0.610. The average molecular weight is 293 g/mol. The highest BCUT2D eigenvalue weighted by atomic mass is 16.2. The summed E-state index contributed by atoms with van der Waals surface area (Å²) in [5.41, 5.74) is 0. The van der Waals surface area contributed by atoms with Crippen LogP contribution in [-0.2, 0) is 4.79 Å². The van der Waals surface area contributed by atoms with Crippen molar-refractivity contribution in [3.8, 4) is 0 Å². The van der Waals surface area contributed by atoms with Gasteiger partial charge in [-0.15, -0.1) is 0 Å². The molecule has 1 N–H and O–H groups in total. The van der Waals surface area contributed by atoms with Crippen molar-refractivity contribution in [1.82, 2.24) is 15.1 Å². The van der Waals surface area contributed by atoms with Crippen LogP contribution in [0.2, 0.25) is 0 Å². The molecule has 3 aliphatic heterocycles. The molecular weight excluding hydrogens is 262 g/mol. The number of rotatable bonds is 4. The average Bonchev–Trinajstić information content (AvgIpc) is 3.05. The maximum Gasteiger partial charge on any atom is 0.222 e. The highest BCUT2D eigenvalue weighted by Gasteiger charge is 2.26. The van der Waals surface area contributed by atoms with Gasteiger partial charge in [0.25, 0.3) is 0 Å². The Kier molecular flexibility index (Phi) is 5.53. The van der Waals surface area contributed by atoms with Gasteiger partial charge in [0.1, 0.15) is 0 Å². The Balaban J connectivity index is 1.35. The predicted octanol–water partition coefficient (Wildman–Crippen LogP) is 1.71. The van der Waals surface area contributed by atoms with E-state index in [1.807, 2.05) is 0 Å². The molecule has 4 heteroatoms. The zero-order valence-electron chi connectivity index (χ0n) is 13.4. The SMILES string of the molecule is O=C(CC1CCN(CC2CCNCC2)CC1)N1CCCC1. The number of nitrogens with one attached hydrogen (secondary N) is 1. The van der Waals surface area contributed by atoms with Gasteiger partial charge in [0, 0.05) is 26.1 Å². The van der Waals surface area contributed by atoms with Crippen LogP contribution in [0, 0.1) is 11.8 Å². The summed E-state index contributed by atoms with van der Waals surface area (Å²) in [6, 6.07) is 0. The molecule has 3 rings (SSSR count). The van der Waals surface area contributed by atoms with Gasteiger partial charge in [-0.05, 0) is 76.5 Å². The van der Waals surface area contributed by atoms with Crippen LogP contribution < -0.4 is 5.32 Å². The van der Waals surface area contributed by atoms with E-state index in [2.05, 4.69) is 15.1 Å². The maximum atomic E-state index is 12.2. The fourth-order valence-corrected chi connectivity index (χ4v) is 4.15. The predicted molar refractivity (Wildman–Crippen MR) is 85.2 cm³/mol. The van der Waals surface area contributed by atoms with Crippen LogP contribution in [0.25, 0.3) is 0 Å². The third-order valence-corrected chi connectivity index (χ3v) is 5.60. The zero-order chi connectivity index (χ0) is 14.5. The number of carbonyl (C=O) groups excluding carboxylic acids is 1. The van der Waals surface area contributed by atoms with Crippen LogP contribution in [-0.4, -0.2) is 61.5 Å². The molecule has 4 nitrogen and oxygen atoms in total. The van der Waals surface area contributed by atoms with E-state index in [0.29, 0.717) is 11.8 Å². The second kappa shape index (κ2) is 7.59. The van der Waals surface area contributed by atoms with Crippen molar-refractivity contribution in [3.63, 3.8) is 0 Å². The number of hydrogen-bond donors (Lipinski definition) is 1. The highest BCUT2D eigenvalue weighted by molar-refractivity contribution is 5.76. The molecule has 0 bridgehead atoms. The molecular formula is C17H31N3O. The summed E-state index contributed by atoms with van der Waals surface area (Å²) < 4.78 is 0. The second-order valence-electron chi connectivity index (χ2n) is 7.23. The molecule has 0 atom stereocenters. The molecule has 0 aromatic carbocycles. The molecule has 21 heavy (non-hydrogen) atoms. The van der Waals surface area contributed by atoms with E-state index in [1.54, 1.807) is 0 Å². The van der Waals surface area contributed by atoms with Gasteiger partial charge in [0.15, 0.2) is 0 Å². The molecule has 0 spiro atoms. The van der Waals surface area contributed by atoms with E-state index >= 15 is 0 Å². The second-order valence-corrected chi connectivity index (χ2v) is 7.23. The van der Waals surface area contributed by atoms with Gasteiger partial charge in [0.05, 0.1) is 0 Å². The minimum absolute atomic E-state index is 0.421. The standard InChI is InChI=1S/C17H31N3O/c21-17(20-9-1-2-10-20)13-15-5-11-19(12-6-15)14-16-3-7-18-8-4-16/h15-16,18H,1-14H2. The Morgan fingerprint density at radius 2 is 1.57 bits per heavy atom. The van der Waals surface area contributed by atoms with E-state index in [9.17, 15) is 4.79 Å². The van der Waals surface area contributed by atoms with Crippen LogP contribution in [0.5, 0.6) is 0 Å². The largest absolute Gasteiger partial charge is 0.343 e. The number of likely N-dealkylation sites (tertiary alicyclic amines) is 2. The van der Waals surface area contributed by atoms with Gasteiger partial charge < -0.3 is 15.1 Å². The molecule has 0 radical (unpaired) electrons. The summed E-state index contributed by atoms with van der Waals surface area (Å²) in [6.07, 6.45) is 8.36. The Labute approximate surface area is 129 Å². The van der Waals surface area contributed by atoms with E-state index in [1.165, 1.54) is 71.2 Å². The molecule has 3 fully saturated rings. The summed E-state index contributed by atoms with van der Waals surface area (Å²) in [5.74, 6) is 1.96. The third kappa shape index (κ3) is 4.43. The lowest BCUT2D eigenvalue weighted by atomic mass is 9.91. The summed E-state index contributed by atoms with van der Waals surface area (Å²) in [5, 5.41) is 3.45. The van der Waals surface area contributed by atoms with Crippen LogP contribution in [0.4, 0.5) is 0 Å². The highest BCUT2D eigenvalue weighted by Crippen LogP contribution is 2.24. The monoisotopic (exact) mass is 293 g/mol. The van der Waals surface area contributed by atoms with Crippen molar-refractivity contribution in [2.75, 3.05) is 45.8 Å². The van der Waals surface area contributed by atoms with Crippen molar-refractivity contribution in [2.45, 2.75) is 44.9 Å². The molecule has 3 aliphatic rings. The number of nitrogens with zero attached hydrogens (tertiary/aromatic N) is 2. The topological polar surface area (TPSA) is 35.6 Å². The summed E-state index contributed by atoms with van der Waals surface area (Å²) in [6.45, 7) is 8.12. The molecule has 0 unspecified atom stereocenters. The fraction of sp³-hybridized carbons (Fsp3) is 0.941. The molecule has 0 saturated carbocycles. The summed E-state index contributed by atoms with van der Waals surface area (Å²) >= 11 is 0. The van der Waals surface area contributed by atoms with Gasteiger partial charge in [0.2, 0.25) is 5.91 Å². The number of carbonyl (C=O) groups is 1. The van der Waals surface area contributed by atoms with Crippen molar-refractivity contribution in [1.29, 1.82) is 0 Å². The lowest BCUT2D eigenvalue weighted by Gasteiger charge is -2.35. The van der Waals surface area contributed by atoms with Crippen molar-refractivity contribution in [3.05, 3.63) is 0 Å². The van der Waals surface area contributed by atoms with Crippen molar-refractivity contribution < 1.29 is 4.79 Å². The molecule has 0 aromatic heterocycles. The Bertz CT molecular complexity index is 327. The van der Waals surface area contributed by atoms with Crippen LogP contribution in [0.15, 0.2) is 0 Å². The number of piperidine rings is 2. The first-order valence-corrected chi connectivity index (χ1v) is 9.02. The van der Waals surface area contributed by atoms with E-state index in [-0.39, 0.29) is 0 Å². The van der Waals surface area contributed by atoms with Gasteiger partial charge in [-0.2, -0.15) is 0 Å². The molecule has 3 saturated heterocycles. The quantitative estimate of drug-likeness (QED) is 0.857. The smallest absolute Gasteiger partial charge is 0.222 e. The van der Waals surface area contributed by atoms with Crippen molar-refractivity contribution in [2.24, 2.45) is 11.8 Å². The van der Waals surface area contributed by atoms with E-state index in [0.717, 1.165) is 25.4 Å².